The third kappa shape index (κ3) is 1.56. The maximum Gasteiger partial charge on any atom is 0.198 e. The summed E-state index contributed by atoms with van der Waals surface area (Å²) in [6.07, 6.45) is 0. The lowest BCUT2D eigenvalue weighted by Gasteiger charge is -2.00. The van der Waals surface area contributed by atoms with E-state index in [1.165, 1.54) is 5.56 Å². The quantitative estimate of drug-likeness (QED) is 0.729. The second kappa shape index (κ2) is 3.51. The Hall–Kier alpha value is -1.20. The Morgan fingerprint density at radius 3 is 2.00 bits per heavy atom. The van der Waals surface area contributed by atoms with Crippen molar-refractivity contribution in [3.8, 4) is 5.69 Å². The van der Waals surface area contributed by atoms with Crippen LogP contribution in [0.15, 0.2) is 24.3 Å². The Bertz CT molecular complexity index is 517. The van der Waals surface area contributed by atoms with E-state index in [1.54, 1.807) is 4.57 Å². The van der Waals surface area contributed by atoms with Crippen molar-refractivity contribution >= 4 is 24.4 Å². The summed E-state index contributed by atoms with van der Waals surface area (Å²) in [7, 11) is 0. The van der Waals surface area contributed by atoms with Gasteiger partial charge in [0, 0.05) is 0 Å². The van der Waals surface area contributed by atoms with Crippen molar-refractivity contribution in [2.75, 3.05) is 0 Å². The van der Waals surface area contributed by atoms with E-state index < -0.39 is 0 Å². The summed E-state index contributed by atoms with van der Waals surface area (Å²) >= 11 is 10.2. The van der Waals surface area contributed by atoms with E-state index in [0.717, 1.165) is 5.69 Å². The predicted octanol–water partition coefficient (Wildman–Crippen LogP) is 2.90. The molecule has 14 heavy (non-hydrogen) atoms. The molecule has 5 heteroatoms. The minimum absolute atomic E-state index is 0.582. The summed E-state index contributed by atoms with van der Waals surface area (Å²) in [6.45, 7) is 2.04. The Morgan fingerprint density at radius 2 is 1.50 bits per heavy atom. The van der Waals surface area contributed by atoms with Crippen LogP contribution in [0.4, 0.5) is 0 Å². The summed E-state index contributed by atoms with van der Waals surface area (Å²) < 4.78 is 2.95. The molecule has 0 aliphatic heterocycles. The van der Waals surface area contributed by atoms with Gasteiger partial charge in [-0.15, -0.1) is 0 Å². The largest absolute Gasteiger partial charge is 0.274 e. The highest BCUT2D eigenvalue weighted by molar-refractivity contribution is 7.72. The minimum atomic E-state index is 0.582. The van der Waals surface area contributed by atoms with Crippen LogP contribution in [0.5, 0.6) is 0 Å². The first-order valence-corrected chi connectivity index (χ1v) is 4.97. The molecule has 1 aromatic carbocycles. The SMILES string of the molecule is Cc1ccc(-n2c(=S)[nH][nH]c2=S)cc1. The van der Waals surface area contributed by atoms with Gasteiger partial charge >= 0.3 is 0 Å². The summed E-state index contributed by atoms with van der Waals surface area (Å²) in [5.41, 5.74) is 2.19. The molecule has 0 saturated heterocycles. The number of nitrogens with zero attached hydrogens (tertiary/aromatic N) is 1. The van der Waals surface area contributed by atoms with Crippen molar-refractivity contribution < 1.29 is 0 Å². The molecule has 0 aliphatic rings. The highest BCUT2D eigenvalue weighted by Gasteiger charge is 1.99. The highest BCUT2D eigenvalue weighted by atomic mass is 32.1. The van der Waals surface area contributed by atoms with Crippen LogP contribution in [0.25, 0.3) is 5.69 Å². The van der Waals surface area contributed by atoms with Gasteiger partial charge in [0.2, 0.25) is 0 Å². The fraction of sp³-hybridized carbons (Fsp3) is 0.111. The van der Waals surface area contributed by atoms with E-state index in [1.807, 2.05) is 31.2 Å². The lowest BCUT2D eigenvalue weighted by atomic mass is 10.2. The zero-order chi connectivity index (χ0) is 10.1. The maximum atomic E-state index is 5.10. The first kappa shape index (κ1) is 9.36. The standard InChI is InChI=1S/C9H9N3S2/c1-6-2-4-7(5-3-6)12-8(13)10-11-9(12)14/h2-5H,1H3,(H,10,13)(H,11,14). The zero-order valence-corrected chi connectivity index (χ0v) is 9.21. The third-order valence-electron chi connectivity index (χ3n) is 1.97. The predicted molar refractivity (Wildman–Crippen MR) is 60.9 cm³/mol. The van der Waals surface area contributed by atoms with E-state index >= 15 is 0 Å². The third-order valence-corrected chi connectivity index (χ3v) is 2.54. The van der Waals surface area contributed by atoms with Gasteiger partial charge in [-0.3, -0.25) is 14.8 Å². The molecule has 0 atom stereocenters. The van der Waals surface area contributed by atoms with Gasteiger partial charge < -0.3 is 0 Å². The molecule has 0 amide bonds. The molecule has 0 radical (unpaired) electrons. The van der Waals surface area contributed by atoms with Crippen LogP contribution in [-0.4, -0.2) is 14.8 Å². The molecular formula is C9H9N3S2. The molecule has 1 heterocycles. The fourth-order valence-corrected chi connectivity index (χ4v) is 1.79. The second-order valence-corrected chi connectivity index (χ2v) is 3.80. The molecule has 0 unspecified atom stereocenters. The number of benzene rings is 1. The number of H-pyrrole nitrogens is 2. The van der Waals surface area contributed by atoms with Crippen LogP contribution in [0.2, 0.25) is 0 Å². The molecule has 2 rings (SSSR count). The fourth-order valence-electron chi connectivity index (χ4n) is 1.24. The average Bonchev–Trinajstić information content (AvgIpc) is 2.49. The van der Waals surface area contributed by atoms with Gasteiger partial charge in [0.1, 0.15) is 0 Å². The van der Waals surface area contributed by atoms with E-state index in [2.05, 4.69) is 10.2 Å². The van der Waals surface area contributed by atoms with E-state index in [-0.39, 0.29) is 0 Å². The molecule has 2 N–H and O–H groups in total. The van der Waals surface area contributed by atoms with Crippen molar-refractivity contribution in [2.24, 2.45) is 0 Å². The van der Waals surface area contributed by atoms with E-state index in [4.69, 9.17) is 24.4 Å². The summed E-state index contributed by atoms with van der Waals surface area (Å²) in [4.78, 5) is 0. The molecule has 2 aromatic rings. The van der Waals surface area contributed by atoms with E-state index in [9.17, 15) is 0 Å². The number of hydrogen-bond donors (Lipinski definition) is 2. The average molecular weight is 223 g/mol. The lowest BCUT2D eigenvalue weighted by molar-refractivity contribution is 1.02. The lowest BCUT2D eigenvalue weighted by Crippen LogP contribution is -1.93. The molecule has 0 spiro atoms. The van der Waals surface area contributed by atoms with Crippen LogP contribution in [0.3, 0.4) is 0 Å². The Balaban J connectivity index is 2.66. The Kier molecular flexibility index (Phi) is 2.35. The number of aromatic amines is 2. The first-order chi connectivity index (χ1) is 6.68. The Labute approximate surface area is 91.4 Å². The van der Waals surface area contributed by atoms with E-state index in [0.29, 0.717) is 9.54 Å². The summed E-state index contributed by atoms with van der Waals surface area (Å²) in [5.74, 6) is 0. The van der Waals surface area contributed by atoms with Gasteiger partial charge in [0.15, 0.2) is 9.54 Å². The van der Waals surface area contributed by atoms with Crippen LogP contribution < -0.4 is 0 Å². The summed E-state index contributed by atoms with van der Waals surface area (Å²) in [5, 5.41) is 5.60. The molecule has 0 fully saturated rings. The number of hydrogen-bond acceptors (Lipinski definition) is 2. The molecule has 0 aliphatic carbocycles. The number of aryl methyl sites for hydroxylation is 1. The topological polar surface area (TPSA) is 36.5 Å². The van der Waals surface area contributed by atoms with Crippen molar-refractivity contribution in [2.45, 2.75) is 6.92 Å². The molecule has 0 bridgehead atoms. The van der Waals surface area contributed by atoms with Gasteiger partial charge in [-0.25, -0.2) is 0 Å². The molecule has 1 aromatic heterocycles. The van der Waals surface area contributed by atoms with Gasteiger partial charge in [-0.2, -0.15) is 0 Å². The maximum absolute atomic E-state index is 5.10. The normalized spacial score (nSPS) is 10.4. The van der Waals surface area contributed by atoms with Gasteiger partial charge in [-0.05, 0) is 43.5 Å². The van der Waals surface area contributed by atoms with Crippen molar-refractivity contribution in [3.63, 3.8) is 0 Å². The van der Waals surface area contributed by atoms with Crippen molar-refractivity contribution in [3.05, 3.63) is 39.4 Å². The molecule has 3 nitrogen and oxygen atoms in total. The number of aromatic nitrogens is 3. The van der Waals surface area contributed by atoms with Crippen LogP contribution in [-0.2, 0) is 0 Å². The second-order valence-electron chi connectivity index (χ2n) is 3.03. The molecule has 0 saturated carbocycles. The molecular weight excluding hydrogens is 214 g/mol. The van der Waals surface area contributed by atoms with Gasteiger partial charge in [0.05, 0.1) is 5.69 Å². The monoisotopic (exact) mass is 223 g/mol. The van der Waals surface area contributed by atoms with Crippen molar-refractivity contribution in [1.82, 2.24) is 14.8 Å². The van der Waals surface area contributed by atoms with Crippen molar-refractivity contribution in [1.29, 1.82) is 0 Å². The van der Waals surface area contributed by atoms with Crippen LogP contribution in [0.1, 0.15) is 5.56 Å². The smallest absolute Gasteiger partial charge is 0.198 e. The van der Waals surface area contributed by atoms with Crippen LogP contribution in [0, 0.1) is 16.5 Å². The van der Waals surface area contributed by atoms with Gasteiger partial charge in [0.25, 0.3) is 0 Å². The summed E-state index contributed by atoms with van der Waals surface area (Å²) in [6, 6.07) is 8.03. The number of nitrogens with one attached hydrogen (secondary N) is 2. The Morgan fingerprint density at radius 1 is 1.00 bits per heavy atom. The minimum Gasteiger partial charge on any atom is -0.274 e. The molecule has 72 valence electrons. The van der Waals surface area contributed by atoms with Gasteiger partial charge in [-0.1, -0.05) is 17.7 Å². The number of rotatable bonds is 1. The zero-order valence-electron chi connectivity index (χ0n) is 7.57. The first-order valence-electron chi connectivity index (χ1n) is 4.15. The van der Waals surface area contributed by atoms with Crippen LogP contribution >= 0.6 is 24.4 Å². The highest BCUT2D eigenvalue weighted by Crippen LogP contribution is 2.09.